The van der Waals surface area contributed by atoms with Crippen LogP contribution in [0.4, 0.5) is 0 Å². The van der Waals surface area contributed by atoms with Gasteiger partial charge >= 0.3 is 5.97 Å². The van der Waals surface area contributed by atoms with E-state index in [9.17, 15) is 9.90 Å². The van der Waals surface area contributed by atoms with Gasteiger partial charge in [-0.3, -0.25) is 0 Å². The third-order valence-corrected chi connectivity index (χ3v) is 2.62. The lowest BCUT2D eigenvalue weighted by atomic mass is 10.2. The van der Waals surface area contributed by atoms with Gasteiger partial charge in [0, 0.05) is 0 Å². The molecular weight excluding hydrogens is 268 g/mol. The Morgan fingerprint density at radius 2 is 2.00 bits per heavy atom. The fraction of sp³-hybridized carbons (Fsp3) is 0.222. The number of carbonyl (C=O) groups is 1. The molecule has 0 saturated carbocycles. The summed E-state index contributed by atoms with van der Waals surface area (Å²) in [6.07, 6.45) is 0. The number of ether oxygens (including phenoxy) is 2. The van der Waals surface area contributed by atoms with E-state index in [2.05, 4.69) is 15.9 Å². The molecule has 0 spiro atoms. The van der Waals surface area contributed by atoms with Crippen molar-refractivity contribution in [3.05, 3.63) is 16.1 Å². The van der Waals surface area contributed by atoms with Gasteiger partial charge in [-0.1, -0.05) is 0 Å². The Labute approximate surface area is 94.4 Å². The van der Waals surface area contributed by atoms with Gasteiger partial charge in [0.05, 0.1) is 24.3 Å². The largest absolute Gasteiger partial charge is 0.503 e. The minimum absolute atomic E-state index is 0.0626. The van der Waals surface area contributed by atoms with Crippen LogP contribution in [-0.4, -0.2) is 30.4 Å². The molecule has 1 aromatic rings. The van der Waals surface area contributed by atoms with Gasteiger partial charge in [0.2, 0.25) is 5.75 Å². The van der Waals surface area contributed by atoms with Crippen molar-refractivity contribution in [3.8, 4) is 17.2 Å². The molecule has 15 heavy (non-hydrogen) atoms. The van der Waals surface area contributed by atoms with E-state index in [1.807, 2.05) is 0 Å². The predicted octanol–water partition coefficient (Wildman–Crippen LogP) is 1.87. The van der Waals surface area contributed by atoms with Crippen molar-refractivity contribution in [2.75, 3.05) is 14.2 Å². The lowest BCUT2D eigenvalue weighted by Gasteiger charge is -2.12. The average Bonchev–Trinajstić information content (AvgIpc) is 2.21. The van der Waals surface area contributed by atoms with Crippen molar-refractivity contribution >= 4 is 21.9 Å². The van der Waals surface area contributed by atoms with Crippen molar-refractivity contribution < 1.29 is 24.5 Å². The van der Waals surface area contributed by atoms with E-state index in [1.54, 1.807) is 0 Å². The Hall–Kier alpha value is -1.43. The Morgan fingerprint density at radius 1 is 1.40 bits per heavy atom. The van der Waals surface area contributed by atoms with Crippen LogP contribution in [-0.2, 0) is 0 Å². The molecule has 0 radical (unpaired) electrons. The van der Waals surface area contributed by atoms with Crippen molar-refractivity contribution in [1.82, 2.24) is 0 Å². The van der Waals surface area contributed by atoms with Gasteiger partial charge in [-0.2, -0.15) is 0 Å². The lowest BCUT2D eigenvalue weighted by Crippen LogP contribution is -2.01. The van der Waals surface area contributed by atoms with E-state index in [-0.39, 0.29) is 27.3 Å². The molecule has 1 rings (SSSR count). The molecule has 5 nitrogen and oxygen atoms in total. The molecule has 6 heteroatoms. The van der Waals surface area contributed by atoms with E-state index in [1.165, 1.54) is 20.3 Å². The highest BCUT2D eigenvalue weighted by Gasteiger charge is 2.20. The molecule has 0 amide bonds. The van der Waals surface area contributed by atoms with Crippen LogP contribution < -0.4 is 9.47 Å². The first-order valence-electron chi connectivity index (χ1n) is 3.89. The van der Waals surface area contributed by atoms with Crippen LogP contribution >= 0.6 is 15.9 Å². The van der Waals surface area contributed by atoms with Gasteiger partial charge in [0.15, 0.2) is 11.5 Å². The third kappa shape index (κ3) is 1.99. The number of benzene rings is 1. The summed E-state index contributed by atoms with van der Waals surface area (Å²) >= 11 is 2.97. The second-order valence-corrected chi connectivity index (χ2v) is 3.42. The second-order valence-electron chi connectivity index (χ2n) is 2.63. The standard InChI is InChI=1S/C9H9BrO5/c1-14-5-3-4(9(12)13)6(10)7(11)8(5)15-2/h3,11H,1-2H3,(H,12,13). The van der Waals surface area contributed by atoms with Crippen molar-refractivity contribution in [2.24, 2.45) is 0 Å². The number of hydrogen-bond donors (Lipinski definition) is 2. The number of aromatic hydroxyl groups is 1. The van der Waals surface area contributed by atoms with Crippen molar-refractivity contribution in [3.63, 3.8) is 0 Å². The van der Waals surface area contributed by atoms with Gasteiger partial charge in [0.25, 0.3) is 0 Å². The Balaban J connectivity index is 3.49. The molecule has 0 unspecified atom stereocenters. The Kier molecular flexibility index (Phi) is 3.41. The lowest BCUT2D eigenvalue weighted by molar-refractivity contribution is 0.0694. The minimum Gasteiger partial charge on any atom is -0.503 e. The fourth-order valence-electron chi connectivity index (χ4n) is 1.11. The van der Waals surface area contributed by atoms with Crippen LogP contribution in [0.15, 0.2) is 10.5 Å². The van der Waals surface area contributed by atoms with Crippen molar-refractivity contribution in [1.29, 1.82) is 0 Å². The summed E-state index contributed by atoms with van der Waals surface area (Å²) < 4.78 is 9.84. The second kappa shape index (κ2) is 4.39. The predicted molar refractivity (Wildman–Crippen MR) is 55.9 cm³/mol. The van der Waals surface area contributed by atoms with Gasteiger partial charge in [-0.05, 0) is 22.0 Å². The number of phenols is 1. The van der Waals surface area contributed by atoms with Gasteiger partial charge in [-0.25, -0.2) is 4.79 Å². The van der Waals surface area contributed by atoms with Crippen LogP contribution in [0, 0.1) is 0 Å². The maximum atomic E-state index is 10.8. The number of hydrogen-bond acceptors (Lipinski definition) is 4. The monoisotopic (exact) mass is 276 g/mol. The highest BCUT2D eigenvalue weighted by Crippen LogP contribution is 2.43. The topological polar surface area (TPSA) is 76.0 Å². The summed E-state index contributed by atoms with van der Waals surface area (Å²) in [5, 5.41) is 18.5. The molecule has 0 aliphatic carbocycles. The molecule has 1 aromatic carbocycles. The summed E-state index contributed by atoms with van der Waals surface area (Å²) in [5.41, 5.74) is -0.0925. The number of methoxy groups -OCH3 is 2. The number of halogens is 1. The number of rotatable bonds is 3. The van der Waals surface area contributed by atoms with Gasteiger partial charge in [-0.15, -0.1) is 0 Å². The first kappa shape index (κ1) is 11.6. The van der Waals surface area contributed by atoms with E-state index in [0.29, 0.717) is 0 Å². The normalized spacial score (nSPS) is 9.80. The molecule has 0 aliphatic heterocycles. The fourth-order valence-corrected chi connectivity index (χ4v) is 1.57. The molecule has 0 fully saturated rings. The quantitative estimate of drug-likeness (QED) is 0.882. The number of phenolic OH excluding ortho intramolecular Hbond substituents is 1. The SMILES string of the molecule is COc1cc(C(=O)O)c(Br)c(O)c1OC. The van der Waals surface area contributed by atoms with E-state index in [0.717, 1.165) is 0 Å². The van der Waals surface area contributed by atoms with Crippen LogP contribution in [0.5, 0.6) is 17.2 Å². The minimum atomic E-state index is -1.17. The zero-order valence-electron chi connectivity index (χ0n) is 8.07. The highest BCUT2D eigenvalue weighted by molar-refractivity contribution is 9.10. The van der Waals surface area contributed by atoms with Crippen LogP contribution in [0.25, 0.3) is 0 Å². The van der Waals surface area contributed by atoms with Crippen LogP contribution in [0.1, 0.15) is 10.4 Å². The van der Waals surface area contributed by atoms with E-state index >= 15 is 0 Å². The number of carboxylic acids is 1. The smallest absolute Gasteiger partial charge is 0.337 e. The van der Waals surface area contributed by atoms with Crippen LogP contribution in [0.3, 0.4) is 0 Å². The number of carboxylic acid groups (broad SMARTS) is 1. The van der Waals surface area contributed by atoms with Crippen molar-refractivity contribution in [2.45, 2.75) is 0 Å². The molecule has 0 atom stereocenters. The summed E-state index contributed by atoms with van der Waals surface area (Å²) in [6.45, 7) is 0. The molecule has 0 bridgehead atoms. The van der Waals surface area contributed by atoms with E-state index < -0.39 is 5.97 Å². The summed E-state index contributed by atoms with van der Waals surface area (Å²) in [6, 6.07) is 1.27. The van der Waals surface area contributed by atoms with Gasteiger partial charge < -0.3 is 19.7 Å². The molecular formula is C9H9BrO5. The maximum Gasteiger partial charge on any atom is 0.337 e. The maximum absolute atomic E-state index is 10.8. The zero-order valence-corrected chi connectivity index (χ0v) is 9.66. The third-order valence-electron chi connectivity index (χ3n) is 1.81. The number of aromatic carboxylic acids is 1. The summed E-state index contributed by atoms with van der Waals surface area (Å²) in [5.74, 6) is -1.21. The first-order chi connectivity index (χ1) is 7.02. The average molecular weight is 277 g/mol. The van der Waals surface area contributed by atoms with Crippen LogP contribution in [0.2, 0.25) is 0 Å². The van der Waals surface area contributed by atoms with Gasteiger partial charge in [0.1, 0.15) is 0 Å². The Morgan fingerprint density at radius 3 is 2.40 bits per heavy atom. The molecule has 2 N–H and O–H groups in total. The summed E-state index contributed by atoms with van der Waals surface area (Å²) in [4.78, 5) is 10.8. The molecule has 0 heterocycles. The molecule has 82 valence electrons. The molecule has 0 aromatic heterocycles. The van der Waals surface area contributed by atoms with E-state index in [4.69, 9.17) is 14.6 Å². The molecule has 0 saturated heterocycles. The highest BCUT2D eigenvalue weighted by atomic mass is 79.9. The summed E-state index contributed by atoms with van der Waals surface area (Å²) in [7, 11) is 2.71. The zero-order chi connectivity index (χ0) is 11.6. The first-order valence-corrected chi connectivity index (χ1v) is 4.69. The Bertz CT molecular complexity index is 402. The molecule has 0 aliphatic rings.